The lowest BCUT2D eigenvalue weighted by Crippen LogP contribution is -1.95. The predicted molar refractivity (Wildman–Crippen MR) is 54.5 cm³/mol. The maximum absolute atomic E-state index is 5.95. The molecule has 0 unspecified atom stereocenters. The number of fused-ring (bicyclic) bond motifs is 1. The molecular formula is C8H7Cl2N4. The fourth-order valence-corrected chi connectivity index (χ4v) is 1.59. The Labute approximate surface area is 91.4 Å². The summed E-state index contributed by atoms with van der Waals surface area (Å²) in [5.41, 5.74) is 1.50. The minimum absolute atomic E-state index is 0. The van der Waals surface area contributed by atoms with Crippen molar-refractivity contribution in [1.29, 1.82) is 0 Å². The number of nitrogens with zero attached hydrogens (tertiary/aromatic N) is 4. The minimum atomic E-state index is 0. The van der Waals surface area contributed by atoms with E-state index in [2.05, 4.69) is 10.1 Å². The first-order valence-corrected chi connectivity index (χ1v) is 4.66. The van der Waals surface area contributed by atoms with Crippen molar-refractivity contribution in [2.45, 2.75) is 13.3 Å². The van der Waals surface area contributed by atoms with Gasteiger partial charge in [-0.2, -0.15) is 5.10 Å². The van der Waals surface area contributed by atoms with Crippen LogP contribution in [0.2, 0.25) is 10.0 Å². The van der Waals surface area contributed by atoms with Gasteiger partial charge in [0.25, 0.3) is 0 Å². The van der Waals surface area contributed by atoms with E-state index in [0.29, 0.717) is 15.7 Å². The molecule has 0 bridgehead atoms. The van der Waals surface area contributed by atoms with Crippen LogP contribution in [0.4, 0.5) is 0 Å². The van der Waals surface area contributed by atoms with Crippen molar-refractivity contribution in [1.82, 2.24) is 20.7 Å². The van der Waals surface area contributed by atoms with Gasteiger partial charge in [0.2, 0.25) is 0 Å². The van der Waals surface area contributed by atoms with Gasteiger partial charge < -0.3 is 0 Å². The number of halogens is 2. The van der Waals surface area contributed by atoms with Crippen LogP contribution in [0.5, 0.6) is 0 Å². The first-order valence-electron chi connectivity index (χ1n) is 3.90. The number of aryl methyl sites for hydroxylation is 1. The highest BCUT2D eigenvalue weighted by Gasteiger charge is 2.07. The van der Waals surface area contributed by atoms with Crippen molar-refractivity contribution < 1.29 is 0 Å². The van der Waals surface area contributed by atoms with Gasteiger partial charge in [-0.3, -0.25) is 0 Å². The lowest BCUT2D eigenvalue weighted by Gasteiger charge is -2.00. The molecular weight excluding hydrogens is 223 g/mol. The Morgan fingerprint density at radius 1 is 1.36 bits per heavy atom. The van der Waals surface area contributed by atoms with Crippen LogP contribution in [0.15, 0.2) is 12.4 Å². The molecule has 2 rings (SSSR count). The van der Waals surface area contributed by atoms with E-state index in [9.17, 15) is 0 Å². The number of hydrogen-bond donors (Lipinski definition) is 0. The van der Waals surface area contributed by atoms with Crippen molar-refractivity contribution in [3.05, 3.63) is 28.1 Å². The predicted octanol–water partition coefficient (Wildman–Crippen LogP) is 2.12. The lowest BCUT2D eigenvalue weighted by molar-refractivity contribution is 0.912. The Kier molecular flexibility index (Phi) is 3.31. The van der Waals surface area contributed by atoms with E-state index >= 15 is 0 Å². The Bertz CT molecular complexity index is 452. The highest BCUT2D eigenvalue weighted by atomic mass is 35.5. The molecule has 2 heterocycles. The summed E-state index contributed by atoms with van der Waals surface area (Å²) in [5.74, 6) is 0. The third-order valence-corrected chi connectivity index (χ3v) is 2.40. The van der Waals surface area contributed by atoms with Gasteiger partial charge in [-0.1, -0.05) is 30.1 Å². The van der Waals surface area contributed by atoms with Crippen LogP contribution >= 0.6 is 23.2 Å². The molecule has 2 aromatic heterocycles. The molecule has 0 aliphatic heterocycles. The van der Waals surface area contributed by atoms with Gasteiger partial charge in [-0.15, -0.1) is 0 Å². The quantitative estimate of drug-likeness (QED) is 0.753. The summed E-state index contributed by atoms with van der Waals surface area (Å²) in [4.78, 5) is 4.29. The second-order valence-electron chi connectivity index (χ2n) is 2.65. The molecule has 6 heteroatoms. The molecule has 0 N–H and O–H groups in total. The Morgan fingerprint density at radius 2 is 2.07 bits per heavy atom. The zero-order chi connectivity index (χ0) is 9.42. The van der Waals surface area contributed by atoms with Crippen LogP contribution in [-0.2, 0) is 6.42 Å². The highest BCUT2D eigenvalue weighted by Crippen LogP contribution is 2.19. The summed E-state index contributed by atoms with van der Waals surface area (Å²) >= 11 is 11.8. The molecule has 0 spiro atoms. The monoisotopic (exact) mass is 229 g/mol. The zero-order valence-electron chi connectivity index (χ0n) is 7.41. The van der Waals surface area contributed by atoms with Gasteiger partial charge in [-0.25, -0.2) is 9.50 Å². The second-order valence-corrected chi connectivity index (χ2v) is 3.46. The van der Waals surface area contributed by atoms with Crippen molar-refractivity contribution >= 4 is 28.8 Å². The van der Waals surface area contributed by atoms with Crippen LogP contribution in [0.3, 0.4) is 0 Å². The SMILES string of the molecule is CCc1nc2c(Cl)cnn2cc1Cl.[N]. The molecule has 2 aromatic rings. The number of rotatable bonds is 1. The molecule has 0 saturated carbocycles. The van der Waals surface area contributed by atoms with Gasteiger partial charge in [0.15, 0.2) is 5.65 Å². The van der Waals surface area contributed by atoms with Crippen molar-refractivity contribution in [3.63, 3.8) is 0 Å². The molecule has 0 aromatic carbocycles. The topological polar surface area (TPSA) is 60.7 Å². The molecule has 4 nitrogen and oxygen atoms in total. The molecule has 0 aliphatic carbocycles. The molecule has 14 heavy (non-hydrogen) atoms. The Morgan fingerprint density at radius 3 is 2.71 bits per heavy atom. The minimum Gasteiger partial charge on any atom is -0.231 e. The van der Waals surface area contributed by atoms with E-state index in [-0.39, 0.29) is 6.15 Å². The number of aromatic nitrogens is 3. The van der Waals surface area contributed by atoms with Gasteiger partial charge in [0.1, 0.15) is 5.02 Å². The van der Waals surface area contributed by atoms with E-state index in [1.807, 2.05) is 6.92 Å². The summed E-state index contributed by atoms with van der Waals surface area (Å²) in [6.45, 7) is 2.00. The zero-order valence-corrected chi connectivity index (χ0v) is 8.92. The molecule has 0 fully saturated rings. The molecule has 0 amide bonds. The van der Waals surface area contributed by atoms with E-state index in [1.165, 1.54) is 0 Å². The van der Waals surface area contributed by atoms with Gasteiger partial charge in [-0.05, 0) is 6.42 Å². The second kappa shape index (κ2) is 4.13. The fourth-order valence-electron chi connectivity index (χ4n) is 1.14. The maximum Gasteiger partial charge on any atom is 0.174 e. The fraction of sp³-hybridized carbons (Fsp3) is 0.250. The van der Waals surface area contributed by atoms with Gasteiger partial charge >= 0.3 is 0 Å². The highest BCUT2D eigenvalue weighted by molar-refractivity contribution is 6.33. The van der Waals surface area contributed by atoms with Crippen LogP contribution in [0.1, 0.15) is 12.6 Å². The Hall–Kier alpha value is -0.840. The molecule has 0 saturated heterocycles. The van der Waals surface area contributed by atoms with Crippen LogP contribution in [0, 0.1) is 0 Å². The van der Waals surface area contributed by atoms with E-state index in [1.54, 1.807) is 16.9 Å². The normalized spacial score (nSPS) is 10.2. The van der Waals surface area contributed by atoms with Crippen molar-refractivity contribution in [2.75, 3.05) is 0 Å². The smallest absolute Gasteiger partial charge is 0.174 e. The standard InChI is InChI=1S/C8H7Cl2N3.N/c1-2-7-6(10)4-13-8(12-7)5(9)3-11-13;/h3-4H,2H2,1H3;. The van der Waals surface area contributed by atoms with Crippen molar-refractivity contribution in [3.8, 4) is 0 Å². The third kappa shape index (κ3) is 1.68. The summed E-state index contributed by atoms with van der Waals surface area (Å²) in [7, 11) is 0. The Balaban J connectivity index is 0.000000980. The van der Waals surface area contributed by atoms with Crippen LogP contribution < -0.4 is 6.15 Å². The maximum atomic E-state index is 5.95. The average Bonchev–Trinajstić information content (AvgIpc) is 2.46. The first kappa shape index (κ1) is 11.2. The summed E-state index contributed by atoms with van der Waals surface area (Å²) in [6, 6.07) is 0. The van der Waals surface area contributed by atoms with Crippen LogP contribution in [0.25, 0.3) is 5.65 Å². The molecule has 0 atom stereocenters. The molecule has 3 radical (unpaired) electrons. The first-order chi connectivity index (χ1) is 6.22. The average molecular weight is 230 g/mol. The van der Waals surface area contributed by atoms with E-state index in [0.717, 1.165) is 12.1 Å². The van der Waals surface area contributed by atoms with Crippen molar-refractivity contribution in [2.24, 2.45) is 0 Å². The summed E-state index contributed by atoms with van der Waals surface area (Å²) in [6.07, 6.45) is 4.06. The lowest BCUT2D eigenvalue weighted by atomic mass is 10.3. The van der Waals surface area contributed by atoms with E-state index in [4.69, 9.17) is 23.2 Å². The summed E-state index contributed by atoms with van der Waals surface area (Å²) < 4.78 is 1.57. The van der Waals surface area contributed by atoms with E-state index < -0.39 is 0 Å². The molecule has 0 aliphatic rings. The van der Waals surface area contributed by atoms with Gasteiger partial charge in [0.05, 0.1) is 23.1 Å². The third-order valence-electron chi connectivity index (χ3n) is 1.81. The number of hydrogen-bond acceptors (Lipinski definition) is 2. The van der Waals surface area contributed by atoms with Gasteiger partial charge in [0, 0.05) is 6.15 Å². The molecule has 73 valence electrons. The van der Waals surface area contributed by atoms with Crippen LogP contribution in [-0.4, -0.2) is 14.6 Å². The largest absolute Gasteiger partial charge is 0.231 e. The summed E-state index contributed by atoms with van der Waals surface area (Å²) in [5, 5.41) is 5.16.